The number of ether oxygens (including phenoxy) is 2. The first-order chi connectivity index (χ1) is 13.1. The van der Waals surface area contributed by atoms with Gasteiger partial charge in [-0.2, -0.15) is 0 Å². The number of rotatable bonds is 6. The van der Waals surface area contributed by atoms with E-state index in [0.717, 1.165) is 0 Å². The Hall–Kier alpha value is -3.32. The number of anilines is 3. The molecule has 1 aromatic heterocycles. The largest absolute Gasteiger partial charge is 0.497 e. The highest BCUT2D eigenvalue weighted by Crippen LogP contribution is 2.30. The zero-order valence-corrected chi connectivity index (χ0v) is 15.4. The van der Waals surface area contributed by atoms with Gasteiger partial charge in [0, 0.05) is 16.8 Å². The fourth-order valence-corrected chi connectivity index (χ4v) is 2.42. The Balaban J connectivity index is 1.72. The van der Waals surface area contributed by atoms with Gasteiger partial charge in [-0.3, -0.25) is 4.79 Å². The number of amides is 1. The molecule has 0 fully saturated rings. The van der Waals surface area contributed by atoms with Gasteiger partial charge >= 0.3 is 0 Å². The summed E-state index contributed by atoms with van der Waals surface area (Å²) in [7, 11) is 3.16. The Bertz CT molecular complexity index is 931. The molecule has 0 radical (unpaired) electrons. The third-order valence-electron chi connectivity index (χ3n) is 3.67. The summed E-state index contributed by atoms with van der Waals surface area (Å²) >= 11 is 5.83. The first kappa shape index (κ1) is 18.5. The van der Waals surface area contributed by atoms with E-state index in [2.05, 4.69) is 20.8 Å². The van der Waals surface area contributed by atoms with Gasteiger partial charge in [0.15, 0.2) is 11.5 Å². The molecule has 3 aromatic rings. The van der Waals surface area contributed by atoms with Crippen molar-refractivity contribution in [3.8, 4) is 11.5 Å². The second-order valence-electron chi connectivity index (χ2n) is 5.46. The molecule has 0 saturated heterocycles. The van der Waals surface area contributed by atoms with Gasteiger partial charge in [-0.25, -0.2) is 0 Å². The summed E-state index contributed by atoms with van der Waals surface area (Å²) in [6.45, 7) is 0. The molecule has 0 saturated carbocycles. The van der Waals surface area contributed by atoms with Crippen molar-refractivity contribution in [3.63, 3.8) is 0 Å². The van der Waals surface area contributed by atoms with E-state index in [1.165, 1.54) is 0 Å². The summed E-state index contributed by atoms with van der Waals surface area (Å²) in [5.41, 5.74) is 1.48. The van der Waals surface area contributed by atoms with Crippen LogP contribution in [0.4, 0.5) is 17.2 Å². The lowest BCUT2D eigenvalue weighted by atomic mass is 10.2. The first-order valence-electron chi connectivity index (χ1n) is 7.99. The molecule has 2 N–H and O–H groups in total. The molecular weight excluding hydrogens is 368 g/mol. The molecule has 0 aliphatic heterocycles. The standard InChI is InChI=1S/C19H17ClN4O3/c1-26-14-7-9-17(27-2)16(11-14)22-18-10-8-15(23-24-18)19(25)21-13-5-3-12(20)4-6-13/h3-11H,1-2H3,(H,21,25)(H,22,24). The molecule has 1 amide bonds. The number of carbonyl (C=O) groups excluding carboxylic acids is 1. The number of hydrogen-bond donors (Lipinski definition) is 2. The van der Waals surface area contributed by atoms with Crippen molar-refractivity contribution >= 4 is 34.7 Å². The average Bonchev–Trinajstić information content (AvgIpc) is 2.70. The Morgan fingerprint density at radius 2 is 1.74 bits per heavy atom. The van der Waals surface area contributed by atoms with Crippen molar-refractivity contribution in [2.24, 2.45) is 0 Å². The predicted molar refractivity (Wildman–Crippen MR) is 104 cm³/mol. The van der Waals surface area contributed by atoms with E-state index < -0.39 is 0 Å². The van der Waals surface area contributed by atoms with Crippen LogP contribution in [-0.2, 0) is 0 Å². The van der Waals surface area contributed by atoms with Crippen LogP contribution in [0.15, 0.2) is 54.6 Å². The van der Waals surface area contributed by atoms with Crippen LogP contribution >= 0.6 is 11.6 Å². The number of aromatic nitrogens is 2. The molecule has 1 heterocycles. The van der Waals surface area contributed by atoms with E-state index in [0.29, 0.717) is 33.7 Å². The summed E-state index contributed by atoms with van der Waals surface area (Å²) < 4.78 is 10.5. The van der Waals surface area contributed by atoms with Gasteiger partial charge in [0.1, 0.15) is 11.5 Å². The second-order valence-corrected chi connectivity index (χ2v) is 5.89. The zero-order valence-electron chi connectivity index (χ0n) is 14.7. The van der Waals surface area contributed by atoms with Crippen molar-refractivity contribution in [2.75, 3.05) is 24.9 Å². The lowest BCUT2D eigenvalue weighted by molar-refractivity contribution is 0.102. The van der Waals surface area contributed by atoms with E-state index in [9.17, 15) is 4.79 Å². The van der Waals surface area contributed by atoms with Crippen LogP contribution in [-0.4, -0.2) is 30.3 Å². The summed E-state index contributed by atoms with van der Waals surface area (Å²) in [6, 6.07) is 15.4. The van der Waals surface area contributed by atoms with Gasteiger partial charge < -0.3 is 20.1 Å². The molecule has 0 aliphatic carbocycles. The molecule has 0 spiro atoms. The van der Waals surface area contributed by atoms with E-state index in [4.69, 9.17) is 21.1 Å². The molecule has 0 atom stereocenters. The summed E-state index contributed by atoms with van der Waals surface area (Å²) in [6.07, 6.45) is 0. The molecular formula is C19H17ClN4O3. The lowest BCUT2D eigenvalue weighted by Crippen LogP contribution is -2.14. The number of methoxy groups -OCH3 is 2. The summed E-state index contributed by atoms with van der Waals surface area (Å²) in [5, 5.41) is 14.4. The monoisotopic (exact) mass is 384 g/mol. The SMILES string of the molecule is COc1ccc(OC)c(Nc2ccc(C(=O)Nc3ccc(Cl)cc3)nn2)c1. The van der Waals surface area contributed by atoms with Gasteiger partial charge in [-0.15, -0.1) is 10.2 Å². The van der Waals surface area contributed by atoms with E-state index in [1.807, 2.05) is 0 Å². The highest BCUT2D eigenvalue weighted by molar-refractivity contribution is 6.30. The van der Waals surface area contributed by atoms with Crippen LogP contribution in [0.3, 0.4) is 0 Å². The van der Waals surface area contributed by atoms with Crippen LogP contribution in [0.2, 0.25) is 5.02 Å². The van der Waals surface area contributed by atoms with Crippen LogP contribution < -0.4 is 20.1 Å². The predicted octanol–water partition coefficient (Wildman–Crippen LogP) is 4.14. The Labute approximate surface area is 161 Å². The number of nitrogens with one attached hydrogen (secondary N) is 2. The van der Waals surface area contributed by atoms with Gasteiger partial charge in [0.05, 0.1) is 19.9 Å². The summed E-state index contributed by atoms with van der Waals surface area (Å²) in [5.74, 6) is 1.40. The topological polar surface area (TPSA) is 85.4 Å². The number of hydrogen-bond acceptors (Lipinski definition) is 6. The maximum absolute atomic E-state index is 12.2. The molecule has 0 unspecified atom stereocenters. The molecule has 7 nitrogen and oxygen atoms in total. The summed E-state index contributed by atoms with van der Waals surface area (Å²) in [4.78, 5) is 12.2. The van der Waals surface area contributed by atoms with E-state index in [-0.39, 0.29) is 11.6 Å². The van der Waals surface area contributed by atoms with Crippen LogP contribution in [0, 0.1) is 0 Å². The van der Waals surface area contributed by atoms with E-state index >= 15 is 0 Å². The molecule has 0 bridgehead atoms. The van der Waals surface area contributed by atoms with Crippen molar-refractivity contribution in [1.29, 1.82) is 0 Å². The van der Waals surface area contributed by atoms with Crippen molar-refractivity contribution in [1.82, 2.24) is 10.2 Å². The highest BCUT2D eigenvalue weighted by atomic mass is 35.5. The number of nitrogens with zero attached hydrogens (tertiary/aromatic N) is 2. The minimum Gasteiger partial charge on any atom is -0.497 e. The molecule has 27 heavy (non-hydrogen) atoms. The Morgan fingerprint density at radius 3 is 2.37 bits per heavy atom. The first-order valence-corrected chi connectivity index (χ1v) is 8.36. The third-order valence-corrected chi connectivity index (χ3v) is 3.92. The zero-order chi connectivity index (χ0) is 19.2. The van der Waals surface area contributed by atoms with Gasteiger partial charge in [-0.05, 0) is 48.5 Å². The maximum Gasteiger partial charge on any atom is 0.276 e. The molecule has 3 rings (SSSR count). The quantitative estimate of drug-likeness (QED) is 0.664. The molecule has 2 aromatic carbocycles. The Morgan fingerprint density at radius 1 is 0.963 bits per heavy atom. The smallest absolute Gasteiger partial charge is 0.276 e. The molecule has 8 heteroatoms. The van der Waals surface area contributed by atoms with Crippen LogP contribution in [0.5, 0.6) is 11.5 Å². The fraction of sp³-hybridized carbons (Fsp3) is 0.105. The third kappa shape index (κ3) is 4.65. The second kappa shape index (κ2) is 8.37. The van der Waals surface area contributed by atoms with Crippen molar-refractivity contribution in [3.05, 3.63) is 65.3 Å². The fourth-order valence-electron chi connectivity index (χ4n) is 2.30. The normalized spacial score (nSPS) is 10.2. The number of carbonyl (C=O) groups is 1. The van der Waals surface area contributed by atoms with Crippen molar-refractivity contribution < 1.29 is 14.3 Å². The van der Waals surface area contributed by atoms with Crippen LogP contribution in [0.25, 0.3) is 0 Å². The average molecular weight is 385 g/mol. The minimum absolute atomic E-state index is 0.188. The van der Waals surface area contributed by atoms with Gasteiger partial charge in [0.25, 0.3) is 5.91 Å². The van der Waals surface area contributed by atoms with Crippen molar-refractivity contribution in [2.45, 2.75) is 0 Å². The number of benzene rings is 2. The minimum atomic E-state index is -0.365. The highest BCUT2D eigenvalue weighted by Gasteiger charge is 2.10. The maximum atomic E-state index is 12.2. The van der Waals surface area contributed by atoms with Gasteiger partial charge in [-0.1, -0.05) is 11.6 Å². The Kier molecular flexibility index (Phi) is 5.73. The molecule has 0 aliphatic rings. The lowest BCUT2D eigenvalue weighted by Gasteiger charge is -2.12. The van der Waals surface area contributed by atoms with Gasteiger partial charge in [0.2, 0.25) is 0 Å². The molecule has 138 valence electrons. The number of halogens is 1. The van der Waals surface area contributed by atoms with Crippen LogP contribution in [0.1, 0.15) is 10.5 Å². The van der Waals surface area contributed by atoms with E-state index in [1.54, 1.807) is 68.8 Å².